The summed E-state index contributed by atoms with van der Waals surface area (Å²) in [5.41, 5.74) is 0.696. The predicted octanol–water partition coefficient (Wildman–Crippen LogP) is 2.33. The highest BCUT2D eigenvalue weighted by molar-refractivity contribution is 7.99. The van der Waals surface area contributed by atoms with E-state index in [0.29, 0.717) is 12.2 Å². The fourth-order valence-electron chi connectivity index (χ4n) is 1.69. The van der Waals surface area contributed by atoms with Gasteiger partial charge >= 0.3 is 0 Å². The lowest BCUT2D eigenvalue weighted by molar-refractivity contribution is 0.0945. The zero-order valence-corrected chi connectivity index (χ0v) is 11.7. The molecule has 1 N–H and O–H groups in total. The van der Waals surface area contributed by atoms with Crippen LogP contribution in [0.5, 0.6) is 0 Å². The molecule has 0 bridgehead atoms. The molecule has 0 aromatic carbocycles. The minimum Gasteiger partial charge on any atom is -0.351 e. The number of aromatic nitrogens is 2. The van der Waals surface area contributed by atoms with Gasteiger partial charge in [0.1, 0.15) is 5.69 Å². The lowest BCUT2D eigenvalue weighted by Crippen LogP contribution is -2.26. The van der Waals surface area contributed by atoms with E-state index in [1.807, 2.05) is 42.1 Å². The van der Waals surface area contributed by atoms with Crippen LogP contribution < -0.4 is 5.32 Å². The van der Waals surface area contributed by atoms with Crippen molar-refractivity contribution in [1.82, 2.24) is 14.9 Å². The number of carbonyl (C=O) groups is 1. The van der Waals surface area contributed by atoms with Crippen molar-refractivity contribution in [3.63, 3.8) is 0 Å². The zero-order chi connectivity index (χ0) is 13.5. The van der Waals surface area contributed by atoms with Gasteiger partial charge in [0.2, 0.25) is 0 Å². The van der Waals surface area contributed by atoms with Crippen molar-refractivity contribution in [3.05, 3.63) is 48.5 Å². The van der Waals surface area contributed by atoms with Crippen molar-refractivity contribution in [2.45, 2.75) is 11.3 Å². The second kappa shape index (κ2) is 6.99. The van der Waals surface area contributed by atoms with E-state index in [1.165, 1.54) is 4.90 Å². The molecule has 5 heteroatoms. The van der Waals surface area contributed by atoms with Crippen molar-refractivity contribution >= 4 is 17.7 Å². The van der Waals surface area contributed by atoms with E-state index in [9.17, 15) is 4.79 Å². The summed E-state index contributed by atoms with van der Waals surface area (Å²) in [4.78, 5) is 17.0. The molecule has 0 aliphatic rings. The topological polar surface area (TPSA) is 46.9 Å². The van der Waals surface area contributed by atoms with Gasteiger partial charge < -0.3 is 9.88 Å². The van der Waals surface area contributed by atoms with Crippen LogP contribution in [0.3, 0.4) is 0 Å². The van der Waals surface area contributed by atoms with Gasteiger partial charge in [0.25, 0.3) is 5.91 Å². The summed E-state index contributed by atoms with van der Waals surface area (Å²) < 4.78 is 1.82. The van der Waals surface area contributed by atoms with E-state index in [2.05, 4.69) is 10.3 Å². The maximum absolute atomic E-state index is 11.8. The third-order valence-corrected chi connectivity index (χ3v) is 3.80. The van der Waals surface area contributed by atoms with Gasteiger partial charge in [0, 0.05) is 37.1 Å². The van der Waals surface area contributed by atoms with Crippen molar-refractivity contribution < 1.29 is 4.79 Å². The molecule has 0 aliphatic heterocycles. The Kier molecular flexibility index (Phi) is 5.03. The maximum Gasteiger partial charge on any atom is 0.267 e. The zero-order valence-electron chi connectivity index (χ0n) is 10.9. The normalized spacial score (nSPS) is 10.4. The summed E-state index contributed by atoms with van der Waals surface area (Å²) in [6.45, 7) is 0.697. The molecule has 1 amide bonds. The standard InChI is InChI=1S/C14H17N3OS/c1-17-10-2-4-13(17)14(18)16-7-3-11-19-12-5-8-15-9-6-12/h2,4-6,8-10H,3,7,11H2,1H3,(H,16,18). The van der Waals surface area contributed by atoms with Gasteiger partial charge in [0.05, 0.1) is 0 Å². The molecule has 0 unspecified atom stereocenters. The number of thioether (sulfide) groups is 1. The Morgan fingerprint density at radius 3 is 2.84 bits per heavy atom. The lowest BCUT2D eigenvalue weighted by atomic mass is 10.4. The average molecular weight is 275 g/mol. The summed E-state index contributed by atoms with van der Waals surface area (Å²) in [6.07, 6.45) is 6.40. The van der Waals surface area contributed by atoms with Crippen LogP contribution in [0.4, 0.5) is 0 Å². The molecule has 2 heterocycles. The van der Waals surface area contributed by atoms with Crippen molar-refractivity contribution in [1.29, 1.82) is 0 Å². The van der Waals surface area contributed by atoms with E-state index in [1.54, 1.807) is 24.2 Å². The number of amides is 1. The highest BCUT2D eigenvalue weighted by Crippen LogP contribution is 2.16. The first-order valence-corrected chi connectivity index (χ1v) is 7.18. The highest BCUT2D eigenvalue weighted by atomic mass is 32.2. The summed E-state index contributed by atoms with van der Waals surface area (Å²) in [7, 11) is 1.87. The van der Waals surface area contributed by atoms with E-state index in [4.69, 9.17) is 0 Å². The molecule has 0 spiro atoms. The Labute approximate surface area is 117 Å². The molecule has 0 aliphatic carbocycles. The Bertz CT molecular complexity index is 524. The summed E-state index contributed by atoms with van der Waals surface area (Å²) in [5.74, 6) is 0.971. The number of aryl methyl sites for hydroxylation is 1. The number of rotatable bonds is 6. The minimum absolute atomic E-state index is 0.0126. The van der Waals surface area contributed by atoms with Crippen LogP contribution in [0.2, 0.25) is 0 Å². The molecular weight excluding hydrogens is 258 g/mol. The lowest BCUT2D eigenvalue weighted by Gasteiger charge is -2.06. The molecule has 4 nitrogen and oxygen atoms in total. The van der Waals surface area contributed by atoms with Crippen LogP contribution >= 0.6 is 11.8 Å². The summed E-state index contributed by atoms with van der Waals surface area (Å²) in [5, 5.41) is 2.93. The number of pyridine rings is 1. The molecule has 100 valence electrons. The third kappa shape index (κ3) is 4.13. The van der Waals surface area contributed by atoms with Crippen molar-refractivity contribution in [3.8, 4) is 0 Å². The van der Waals surface area contributed by atoms with Crippen LogP contribution in [-0.4, -0.2) is 27.8 Å². The van der Waals surface area contributed by atoms with Crippen molar-refractivity contribution in [2.75, 3.05) is 12.3 Å². The Morgan fingerprint density at radius 2 is 2.16 bits per heavy atom. The third-order valence-electron chi connectivity index (χ3n) is 2.70. The largest absolute Gasteiger partial charge is 0.351 e. The van der Waals surface area contributed by atoms with Gasteiger partial charge in [-0.05, 0) is 36.4 Å². The molecule has 0 saturated heterocycles. The van der Waals surface area contributed by atoms with Crippen molar-refractivity contribution in [2.24, 2.45) is 7.05 Å². The predicted molar refractivity (Wildman–Crippen MR) is 77.3 cm³/mol. The summed E-state index contributed by atoms with van der Waals surface area (Å²) in [6, 6.07) is 7.68. The molecule has 2 rings (SSSR count). The molecular formula is C14H17N3OS. The Hall–Kier alpha value is -1.75. The number of nitrogens with zero attached hydrogens (tertiary/aromatic N) is 2. The van der Waals surface area contributed by atoms with Gasteiger partial charge in [-0.1, -0.05) is 0 Å². The first kappa shape index (κ1) is 13.7. The first-order valence-electron chi connectivity index (χ1n) is 6.20. The number of hydrogen-bond donors (Lipinski definition) is 1. The Balaban J connectivity index is 1.65. The average Bonchev–Trinajstić information content (AvgIpc) is 2.86. The fourth-order valence-corrected chi connectivity index (χ4v) is 2.52. The van der Waals surface area contributed by atoms with Gasteiger partial charge in [0.15, 0.2) is 0 Å². The second-order valence-electron chi connectivity index (χ2n) is 4.15. The molecule has 2 aromatic heterocycles. The second-order valence-corrected chi connectivity index (χ2v) is 5.31. The van der Waals surface area contributed by atoms with E-state index >= 15 is 0 Å². The molecule has 0 radical (unpaired) electrons. The quantitative estimate of drug-likeness (QED) is 0.650. The SMILES string of the molecule is Cn1cccc1C(=O)NCCCSc1ccncc1. The molecule has 19 heavy (non-hydrogen) atoms. The van der Waals surface area contributed by atoms with Gasteiger partial charge in [-0.2, -0.15) is 0 Å². The Morgan fingerprint density at radius 1 is 1.37 bits per heavy atom. The highest BCUT2D eigenvalue weighted by Gasteiger charge is 2.07. The molecule has 0 saturated carbocycles. The van der Waals surface area contributed by atoms with Crippen LogP contribution in [-0.2, 0) is 7.05 Å². The maximum atomic E-state index is 11.8. The number of carbonyl (C=O) groups excluding carboxylic acids is 1. The monoisotopic (exact) mass is 275 g/mol. The summed E-state index contributed by atoms with van der Waals surface area (Å²) >= 11 is 1.78. The fraction of sp³-hybridized carbons (Fsp3) is 0.286. The van der Waals surface area contributed by atoms with Gasteiger partial charge in [-0.15, -0.1) is 11.8 Å². The van der Waals surface area contributed by atoms with E-state index in [-0.39, 0.29) is 5.91 Å². The molecule has 2 aromatic rings. The molecule has 0 atom stereocenters. The van der Waals surface area contributed by atoms with Crippen LogP contribution in [0, 0.1) is 0 Å². The van der Waals surface area contributed by atoms with Gasteiger partial charge in [-0.25, -0.2) is 0 Å². The van der Waals surface area contributed by atoms with E-state index < -0.39 is 0 Å². The number of hydrogen-bond acceptors (Lipinski definition) is 3. The molecule has 0 fully saturated rings. The van der Waals surface area contributed by atoms with Crippen LogP contribution in [0.25, 0.3) is 0 Å². The van der Waals surface area contributed by atoms with Gasteiger partial charge in [-0.3, -0.25) is 9.78 Å². The number of nitrogens with one attached hydrogen (secondary N) is 1. The van der Waals surface area contributed by atoms with Crippen LogP contribution in [0.1, 0.15) is 16.9 Å². The first-order chi connectivity index (χ1) is 9.27. The van der Waals surface area contributed by atoms with Crippen LogP contribution in [0.15, 0.2) is 47.8 Å². The smallest absolute Gasteiger partial charge is 0.267 e. The minimum atomic E-state index is -0.0126. The van der Waals surface area contributed by atoms with E-state index in [0.717, 1.165) is 12.2 Å².